The Hall–Kier alpha value is -2.09. The van der Waals surface area contributed by atoms with Crippen LogP contribution < -0.4 is 4.31 Å². The molecule has 0 saturated carbocycles. The summed E-state index contributed by atoms with van der Waals surface area (Å²) in [5.74, 6) is -0.199. The quantitative estimate of drug-likeness (QED) is 0.700. The molecule has 1 heterocycles. The van der Waals surface area contributed by atoms with E-state index in [1.807, 2.05) is 18.2 Å². The largest absolute Gasteiger partial charge is 0.338 e. The van der Waals surface area contributed by atoms with Gasteiger partial charge in [0, 0.05) is 37.7 Å². The van der Waals surface area contributed by atoms with Gasteiger partial charge in [0.15, 0.2) is 0 Å². The van der Waals surface area contributed by atoms with E-state index in [0.717, 1.165) is 30.2 Å². The second-order valence-corrected chi connectivity index (χ2v) is 9.60. The molecule has 2 aromatic carbocycles. The van der Waals surface area contributed by atoms with Gasteiger partial charge < -0.3 is 4.90 Å². The summed E-state index contributed by atoms with van der Waals surface area (Å²) < 4.78 is 26.0. The lowest BCUT2D eigenvalue weighted by atomic mass is 10.2. The summed E-state index contributed by atoms with van der Waals surface area (Å²) in [6.07, 6.45) is 1.11. The number of carbonyl (C=O) groups is 1. The predicted molar refractivity (Wildman–Crippen MR) is 117 cm³/mol. The van der Waals surface area contributed by atoms with E-state index in [4.69, 9.17) is 11.6 Å². The lowest BCUT2D eigenvalue weighted by molar-refractivity contribution is -0.133. The van der Waals surface area contributed by atoms with Crippen LogP contribution in [0.1, 0.15) is 12.5 Å². The first-order valence-corrected chi connectivity index (χ1v) is 11.8. The number of benzene rings is 2. The Balaban J connectivity index is 1.67. The highest BCUT2D eigenvalue weighted by Gasteiger charge is 2.33. The molecule has 0 unspecified atom stereocenters. The van der Waals surface area contributed by atoms with Gasteiger partial charge in [0.1, 0.15) is 6.04 Å². The van der Waals surface area contributed by atoms with Crippen LogP contribution in [0, 0.1) is 0 Å². The zero-order valence-corrected chi connectivity index (χ0v) is 18.2. The number of hydrogen-bond acceptors (Lipinski definition) is 4. The van der Waals surface area contributed by atoms with Crippen LogP contribution in [0.25, 0.3) is 0 Å². The van der Waals surface area contributed by atoms with Gasteiger partial charge in [-0.05, 0) is 30.7 Å². The fraction of sp³-hybridized carbons (Fsp3) is 0.381. The Morgan fingerprint density at radius 2 is 1.72 bits per heavy atom. The molecule has 0 aliphatic carbocycles. The van der Waals surface area contributed by atoms with Gasteiger partial charge in [0.05, 0.1) is 11.9 Å². The number of sulfonamides is 1. The number of anilines is 1. The summed E-state index contributed by atoms with van der Waals surface area (Å²) >= 11 is 6.03. The summed E-state index contributed by atoms with van der Waals surface area (Å²) in [5.41, 5.74) is 1.63. The van der Waals surface area contributed by atoms with Crippen molar-refractivity contribution in [1.82, 2.24) is 9.80 Å². The van der Waals surface area contributed by atoms with E-state index in [1.165, 1.54) is 5.56 Å². The van der Waals surface area contributed by atoms with Crippen molar-refractivity contribution in [1.29, 1.82) is 0 Å². The fourth-order valence-corrected chi connectivity index (χ4v) is 4.99. The van der Waals surface area contributed by atoms with E-state index in [-0.39, 0.29) is 5.91 Å². The summed E-state index contributed by atoms with van der Waals surface area (Å²) in [7, 11) is -3.65. The van der Waals surface area contributed by atoms with Gasteiger partial charge in [-0.2, -0.15) is 0 Å². The molecule has 0 radical (unpaired) electrons. The molecule has 0 aromatic heterocycles. The van der Waals surface area contributed by atoms with Gasteiger partial charge in [-0.25, -0.2) is 8.42 Å². The highest BCUT2D eigenvalue weighted by atomic mass is 35.5. The van der Waals surface area contributed by atoms with Gasteiger partial charge in [0.25, 0.3) is 0 Å². The number of hydrogen-bond donors (Lipinski definition) is 0. The zero-order chi connectivity index (χ0) is 21.0. The van der Waals surface area contributed by atoms with Crippen LogP contribution in [0.5, 0.6) is 0 Å². The summed E-state index contributed by atoms with van der Waals surface area (Å²) in [4.78, 5) is 17.1. The van der Waals surface area contributed by atoms with Gasteiger partial charge in [0.2, 0.25) is 15.9 Å². The molecule has 1 fully saturated rings. The molecule has 0 N–H and O–H groups in total. The number of piperazine rings is 1. The monoisotopic (exact) mass is 435 g/mol. The highest BCUT2D eigenvalue weighted by Crippen LogP contribution is 2.25. The zero-order valence-electron chi connectivity index (χ0n) is 16.7. The number of halogens is 1. The van der Waals surface area contributed by atoms with Crippen LogP contribution in [-0.4, -0.2) is 62.6 Å². The molecule has 8 heteroatoms. The van der Waals surface area contributed by atoms with Crippen molar-refractivity contribution in [2.24, 2.45) is 0 Å². The average molecular weight is 436 g/mol. The Labute approximate surface area is 177 Å². The first kappa shape index (κ1) is 21.6. The van der Waals surface area contributed by atoms with Gasteiger partial charge >= 0.3 is 0 Å². The minimum absolute atomic E-state index is 0.199. The van der Waals surface area contributed by atoms with Gasteiger partial charge in [-0.1, -0.05) is 48.0 Å². The summed E-state index contributed by atoms with van der Waals surface area (Å²) in [6, 6.07) is 15.9. The fourth-order valence-electron chi connectivity index (χ4n) is 3.65. The molecular formula is C21H26ClN3O3S. The van der Waals surface area contributed by atoms with Crippen molar-refractivity contribution in [3.8, 4) is 0 Å². The molecule has 1 amide bonds. The van der Waals surface area contributed by atoms with E-state index in [0.29, 0.717) is 23.8 Å². The summed E-state index contributed by atoms with van der Waals surface area (Å²) in [6.45, 7) is 5.12. The molecule has 29 heavy (non-hydrogen) atoms. The van der Waals surface area contributed by atoms with Crippen molar-refractivity contribution >= 4 is 33.2 Å². The van der Waals surface area contributed by atoms with Crippen molar-refractivity contribution in [2.75, 3.05) is 36.7 Å². The third-order valence-corrected chi connectivity index (χ3v) is 6.54. The van der Waals surface area contributed by atoms with Crippen molar-refractivity contribution < 1.29 is 13.2 Å². The van der Waals surface area contributed by atoms with Gasteiger partial charge in [-0.3, -0.25) is 14.0 Å². The Bertz CT molecular complexity index is 945. The van der Waals surface area contributed by atoms with Crippen LogP contribution in [-0.2, 0) is 21.4 Å². The van der Waals surface area contributed by atoms with Crippen molar-refractivity contribution in [3.05, 3.63) is 65.2 Å². The van der Waals surface area contributed by atoms with Crippen LogP contribution in [0.3, 0.4) is 0 Å². The maximum atomic E-state index is 13.1. The Morgan fingerprint density at radius 3 is 2.31 bits per heavy atom. The normalized spacial score (nSPS) is 16.4. The molecule has 1 saturated heterocycles. The molecule has 0 bridgehead atoms. The van der Waals surface area contributed by atoms with Crippen LogP contribution in [0.15, 0.2) is 54.6 Å². The molecule has 1 aliphatic heterocycles. The van der Waals surface area contributed by atoms with E-state index < -0.39 is 16.1 Å². The molecule has 3 rings (SSSR count). The number of nitrogens with zero attached hydrogens (tertiary/aromatic N) is 3. The first-order chi connectivity index (χ1) is 13.8. The maximum Gasteiger partial charge on any atom is 0.246 e. The van der Waals surface area contributed by atoms with Crippen LogP contribution >= 0.6 is 11.6 Å². The average Bonchev–Trinajstić information content (AvgIpc) is 2.68. The van der Waals surface area contributed by atoms with E-state index >= 15 is 0 Å². The molecular weight excluding hydrogens is 410 g/mol. The molecule has 156 valence electrons. The highest BCUT2D eigenvalue weighted by molar-refractivity contribution is 7.92. The van der Waals surface area contributed by atoms with Crippen LogP contribution in [0.4, 0.5) is 5.69 Å². The minimum atomic E-state index is -3.65. The molecule has 1 atom stereocenters. The second-order valence-electron chi connectivity index (χ2n) is 7.30. The van der Waals surface area contributed by atoms with Crippen molar-refractivity contribution in [2.45, 2.75) is 19.5 Å². The molecule has 6 nitrogen and oxygen atoms in total. The van der Waals surface area contributed by atoms with Crippen molar-refractivity contribution in [3.63, 3.8) is 0 Å². The van der Waals surface area contributed by atoms with Gasteiger partial charge in [-0.15, -0.1) is 0 Å². The molecule has 2 aromatic rings. The first-order valence-electron chi connectivity index (χ1n) is 9.56. The second kappa shape index (κ2) is 9.15. The lowest BCUT2D eigenvalue weighted by Gasteiger charge is -2.38. The SMILES string of the molecule is C[C@@H](C(=O)N1CCN(Cc2ccccc2)CC1)N(c1cccc(Cl)c1)S(C)(=O)=O. The number of carbonyl (C=O) groups excluding carboxylic acids is 1. The van der Waals surface area contributed by atoms with E-state index in [2.05, 4.69) is 17.0 Å². The topological polar surface area (TPSA) is 60.9 Å². The lowest BCUT2D eigenvalue weighted by Crippen LogP contribution is -2.55. The molecule has 0 spiro atoms. The standard InChI is InChI=1S/C21H26ClN3O3S/c1-17(25(29(2,27)28)20-10-6-9-19(22)15-20)21(26)24-13-11-23(12-14-24)16-18-7-4-3-5-8-18/h3-10,15,17H,11-14,16H2,1-2H3/t17-/m0/s1. The van der Waals surface area contributed by atoms with Crippen LogP contribution in [0.2, 0.25) is 5.02 Å². The summed E-state index contributed by atoms with van der Waals surface area (Å²) in [5, 5.41) is 0.422. The number of rotatable bonds is 6. The maximum absolute atomic E-state index is 13.1. The molecule has 1 aliphatic rings. The third-order valence-electron chi connectivity index (χ3n) is 5.06. The third kappa shape index (κ3) is 5.50. The Kier molecular flexibility index (Phi) is 6.82. The minimum Gasteiger partial charge on any atom is -0.338 e. The smallest absolute Gasteiger partial charge is 0.246 e. The number of amides is 1. The van der Waals surface area contributed by atoms with E-state index in [9.17, 15) is 13.2 Å². The van der Waals surface area contributed by atoms with E-state index in [1.54, 1.807) is 36.1 Å². The predicted octanol–water partition coefficient (Wildman–Crippen LogP) is 2.84. The Morgan fingerprint density at radius 1 is 1.07 bits per heavy atom.